The number of amidine groups is 1. The number of aromatic nitrogens is 2. The number of carboxylic acid groups (broad SMARTS) is 1. The fraction of sp³-hybridized carbons (Fsp3) is 0.214. The first kappa shape index (κ1) is 17.9. The molecule has 1 unspecified atom stereocenters. The molecule has 1 aromatic heterocycles. The largest absolute Gasteiger partial charge is 0.481 e. The van der Waals surface area contributed by atoms with Crippen molar-refractivity contribution in [3.05, 3.63) is 29.6 Å². The van der Waals surface area contributed by atoms with E-state index >= 15 is 0 Å². The maximum absolute atomic E-state index is 12.7. The predicted molar refractivity (Wildman–Crippen MR) is 87.9 cm³/mol. The Bertz CT molecular complexity index is 938. The number of hydrogen-bond acceptors (Lipinski definition) is 6. The van der Waals surface area contributed by atoms with Crippen LogP contribution in [0.1, 0.15) is 17.8 Å². The molecule has 0 radical (unpaired) electrons. The van der Waals surface area contributed by atoms with Crippen LogP contribution in [-0.2, 0) is 15.8 Å². The summed E-state index contributed by atoms with van der Waals surface area (Å²) in [5.74, 6) is -2.72. The Morgan fingerprint density at radius 3 is 2.88 bits per heavy atom. The zero-order valence-corrected chi connectivity index (χ0v) is 13.6. The smallest absolute Gasteiger partial charge is 0.449 e. The first-order valence-electron chi connectivity index (χ1n) is 7.10. The minimum absolute atomic E-state index is 0.0793. The first-order chi connectivity index (χ1) is 12.2. The van der Waals surface area contributed by atoms with Gasteiger partial charge in [-0.3, -0.25) is 9.59 Å². The number of alkyl halides is 3. The Morgan fingerprint density at radius 2 is 2.19 bits per heavy atom. The Balaban J connectivity index is 1.80. The summed E-state index contributed by atoms with van der Waals surface area (Å²) >= 11 is 0.918. The standard InChI is InChI=1S/C14H10F3N5O3S/c15-14(16,17)12-19-7-3-1-2-6(10(7)20-12)5-18-22-13-21-11(25)8(26-13)4-9(23)24/h1-3,5,8H,4H2,(H,19,20)(H,23,24)(H,21,22,25). The molecule has 3 N–H and O–H groups in total. The highest BCUT2D eigenvalue weighted by atomic mass is 32.2. The van der Waals surface area contributed by atoms with Crippen LogP contribution in [0.3, 0.4) is 0 Å². The van der Waals surface area contributed by atoms with E-state index in [1.54, 1.807) is 0 Å². The number of carbonyl (C=O) groups is 2. The zero-order valence-electron chi connectivity index (χ0n) is 12.7. The molecule has 1 fully saturated rings. The van der Waals surface area contributed by atoms with Gasteiger partial charge in [-0.1, -0.05) is 23.9 Å². The molecule has 0 spiro atoms. The molecule has 1 aromatic carbocycles. The van der Waals surface area contributed by atoms with Crippen molar-refractivity contribution in [2.45, 2.75) is 17.8 Å². The molecule has 3 rings (SSSR count). The van der Waals surface area contributed by atoms with Crippen LogP contribution in [0.15, 0.2) is 28.4 Å². The van der Waals surface area contributed by atoms with Crippen molar-refractivity contribution in [2.75, 3.05) is 0 Å². The second-order valence-electron chi connectivity index (χ2n) is 5.17. The molecule has 1 amide bonds. The second-order valence-corrected chi connectivity index (χ2v) is 6.36. The van der Waals surface area contributed by atoms with Gasteiger partial charge in [-0.05, 0) is 6.07 Å². The van der Waals surface area contributed by atoms with E-state index in [-0.39, 0.29) is 22.6 Å². The number of carboxylic acids is 1. The van der Waals surface area contributed by atoms with E-state index in [1.165, 1.54) is 24.4 Å². The summed E-state index contributed by atoms with van der Waals surface area (Å²) in [5.41, 5.74) is 0.574. The molecule has 0 saturated carbocycles. The van der Waals surface area contributed by atoms with Crippen LogP contribution in [-0.4, -0.2) is 43.6 Å². The lowest BCUT2D eigenvalue weighted by Gasteiger charge is -1.99. The van der Waals surface area contributed by atoms with Gasteiger partial charge < -0.3 is 15.4 Å². The number of hydrogen-bond donors (Lipinski definition) is 3. The van der Waals surface area contributed by atoms with E-state index in [0.29, 0.717) is 5.56 Å². The third-order valence-corrected chi connectivity index (χ3v) is 4.37. The van der Waals surface area contributed by atoms with Crippen LogP contribution in [0, 0.1) is 0 Å². The van der Waals surface area contributed by atoms with Gasteiger partial charge in [-0.25, -0.2) is 4.98 Å². The monoisotopic (exact) mass is 385 g/mol. The fourth-order valence-electron chi connectivity index (χ4n) is 2.18. The van der Waals surface area contributed by atoms with E-state index in [1.807, 2.05) is 0 Å². The summed E-state index contributed by atoms with van der Waals surface area (Å²) in [6, 6.07) is 4.50. The highest BCUT2D eigenvalue weighted by Crippen LogP contribution is 2.29. The zero-order chi connectivity index (χ0) is 18.9. The number of nitrogens with zero attached hydrogens (tertiary/aromatic N) is 3. The van der Waals surface area contributed by atoms with Gasteiger partial charge in [0, 0.05) is 5.56 Å². The number of aliphatic carboxylic acids is 1. The molecule has 26 heavy (non-hydrogen) atoms. The van der Waals surface area contributed by atoms with E-state index < -0.39 is 29.1 Å². The van der Waals surface area contributed by atoms with Crippen molar-refractivity contribution >= 4 is 46.1 Å². The summed E-state index contributed by atoms with van der Waals surface area (Å²) in [5, 5.41) is 17.9. The molecule has 1 aliphatic rings. The highest BCUT2D eigenvalue weighted by Gasteiger charge is 2.35. The number of carbonyl (C=O) groups excluding carboxylic acids is 1. The van der Waals surface area contributed by atoms with Crippen LogP contribution in [0.25, 0.3) is 11.0 Å². The number of imidazole rings is 1. The van der Waals surface area contributed by atoms with Gasteiger partial charge in [-0.2, -0.15) is 18.3 Å². The molecule has 12 heteroatoms. The van der Waals surface area contributed by atoms with Crippen molar-refractivity contribution in [3.63, 3.8) is 0 Å². The number of rotatable bonds is 4. The lowest BCUT2D eigenvalue weighted by atomic mass is 10.2. The Morgan fingerprint density at radius 1 is 1.42 bits per heavy atom. The Hall–Kier alpha value is -2.89. The van der Waals surface area contributed by atoms with Gasteiger partial charge in [-0.15, -0.1) is 5.10 Å². The van der Waals surface area contributed by atoms with Crippen molar-refractivity contribution in [3.8, 4) is 0 Å². The predicted octanol–water partition coefficient (Wildman–Crippen LogP) is 1.98. The topological polar surface area (TPSA) is 120 Å². The van der Waals surface area contributed by atoms with Gasteiger partial charge in [0.2, 0.25) is 11.7 Å². The van der Waals surface area contributed by atoms with Gasteiger partial charge in [0.25, 0.3) is 0 Å². The molecular formula is C14H10F3N5O3S. The van der Waals surface area contributed by atoms with Crippen LogP contribution in [0.5, 0.6) is 0 Å². The third-order valence-electron chi connectivity index (χ3n) is 3.29. The number of aromatic amines is 1. The maximum Gasteiger partial charge on any atom is 0.449 e. The lowest BCUT2D eigenvalue weighted by Crippen LogP contribution is -2.26. The highest BCUT2D eigenvalue weighted by molar-refractivity contribution is 8.15. The summed E-state index contributed by atoms with van der Waals surface area (Å²) in [7, 11) is 0. The maximum atomic E-state index is 12.7. The summed E-state index contributed by atoms with van der Waals surface area (Å²) in [6.45, 7) is 0. The first-order valence-corrected chi connectivity index (χ1v) is 7.98. The van der Waals surface area contributed by atoms with Gasteiger partial charge in [0.15, 0.2) is 5.17 Å². The van der Waals surface area contributed by atoms with E-state index in [2.05, 4.69) is 25.5 Å². The quantitative estimate of drug-likeness (QED) is 0.549. The number of benzene rings is 1. The fourth-order valence-corrected chi connectivity index (χ4v) is 3.10. The van der Waals surface area contributed by atoms with E-state index in [4.69, 9.17) is 5.11 Å². The number of halogens is 3. The minimum atomic E-state index is -4.60. The number of nitrogens with one attached hydrogen (secondary N) is 2. The molecule has 8 nitrogen and oxygen atoms in total. The van der Waals surface area contributed by atoms with Crippen LogP contribution in [0.4, 0.5) is 13.2 Å². The Labute approximate surface area is 147 Å². The second kappa shape index (κ2) is 6.78. The third kappa shape index (κ3) is 3.85. The van der Waals surface area contributed by atoms with Gasteiger partial charge in [0.1, 0.15) is 5.25 Å². The minimum Gasteiger partial charge on any atom is -0.481 e. The molecular weight excluding hydrogens is 375 g/mol. The average Bonchev–Trinajstić information content (AvgIpc) is 3.11. The lowest BCUT2D eigenvalue weighted by molar-refractivity contribution is -0.144. The number of para-hydroxylation sites is 1. The van der Waals surface area contributed by atoms with Crippen molar-refractivity contribution in [2.24, 2.45) is 10.2 Å². The number of amides is 1. The van der Waals surface area contributed by atoms with Crippen LogP contribution >= 0.6 is 11.8 Å². The molecule has 1 aliphatic heterocycles. The molecule has 136 valence electrons. The summed E-state index contributed by atoms with van der Waals surface area (Å²) < 4.78 is 38.2. The molecule has 2 heterocycles. The molecule has 1 saturated heterocycles. The summed E-state index contributed by atoms with van der Waals surface area (Å²) in [6.07, 6.45) is -3.75. The van der Waals surface area contributed by atoms with Gasteiger partial charge >= 0.3 is 12.1 Å². The van der Waals surface area contributed by atoms with E-state index in [0.717, 1.165) is 11.8 Å². The van der Waals surface area contributed by atoms with Crippen molar-refractivity contribution in [1.82, 2.24) is 15.3 Å². The molecule has 0 bridgehead atoms. The van der Waals surface area contributed by atoms with Crippen LogP contribution in [0.2, 0.25) is 0 Å². The average molecular weight is 385 g/mol. The molecule has 1 atom stereocenters. The molecule has 0 aliphatic carbocycles. The summed E-state index contributed by atoms with van der Waals surface area (Å²) in [4.78, 5) is 27.9. The SMILES string of the molecule is O=C(O)CC1SC(=NN=Cc2cccc3[nH]c(C(F)(F)F)nc23)NC1=O. The number of fused-ring (bicyclic) bond motifs is 1. The number of H-pyrrole nitrogens is 1. The Kier molecular flexibility index (Phi) is 4.68. The van der Waals surface area contributed by atoms with Crippen LogP contribution < -0.4 is 5.32 Å². The molecule has 2 aromatic rings. The number of thioether (sulfide) groups is 1. The van der Waals surface area contributed by atoms with E-state index in [9.17, 15) is 22.8 Å². The normalized spacial score (nSPS) is 19.6. The van der Waals surface area contributed by atoms with Gasteiger partial charge in [0.05, 0.1) is 23.7 Å². The van der Waals surface area contributed by atoms with Crippen molar-refractivity contribution in [1.29, 1.82) is 0 Å². The van der Waals surface area contributed by atoms with Crippen molar-refractivity contribution < 1.29 is 27.9 Å².